The lowest BCUT2D eigenvalue weighted by Gasteiger charge is -2.30. The average molecular weight is 330 g/mol. The largest absolute Gasteiger partial charge is 0.372 e. The van der Waals surface area contributed by atoms with Crippen molar-refractivity contribution >= 4 is 21.4 Å². The average Bonchev–Trinajstić information content (AvgIpc) is 3.03. The van der Waals surface area contributed by atoms with Gasteiger partial charge in [0, 0.05) is 35.9 Å². The molecule has 0 aromatic carbocycles. The molecular weight excluding hydrogens is 308 g/mol. The van der Waals surface area contributed by atoms with Gasteiger partial charge in [-0.25, -0.2) is 8.42 Å². The third-order valence-corrected chi connectivity index (χ3v) is 6.86. The van der Waals surface area contributed by atoms with Gasteiger partial charge in [0.25, 0.3) is 0 Å². The molecule has 2 aliphatic rings. The third-order valence-electron chi connectivity index (χ3n) is 3.96. The maximum Gasteiger partial charge on any atom is 0.244 e. The number of rotatable bonds is 5. The zero-order chi connectivity index (χ0) is 15.0. The van der Waals surface area contributed by atoms with E-state index >= 15 is 0 Å². The molecule has 2 aliphatic heterocycles. The number of thiophene rings is 1. The molecule has 0 saturated carbocycles. The number of nitrogens with zero attached hydrogens (tertiary/aromatic N) is 1. The van der Waals surface area contributed by atoms with Crippen molar-refractivity contribution in [1.29, 1.82) is 0 Å². The lowest BCUT2D eigenvalue weighted by atomic mass is 10.2. The molecule has 2 fully saturated rings. The smallest absolute Gasteiger partial charge is 0.244 e. The molecule has 2 bridgehead atoms. The molecule has 0 amide bonds. The van der Waals surface area contributed by atoms with Crippen LogP contribution in [0.15, 0.2) is 16.3 Å². The molecular formula is C14H22N2O3S2. The highest BCUT2D eigenvalue weighted by Gasteiger charge is 2.39. The minimum Gasteiger partial charge on any atom is -0.372 e. The lowest BCUT2D eigenvalue weighted by Crippen LogP contribution is -2.45. The van der Waals surface area contributed by atoms with Gasteiger partial charge in [-0.3, -0.25) is 0 Å². The molecule has 3 rings (SSSR count). The maximum atomic E-state index is 12.7. The molecule has 7 heteroatoms. The van der Waals surface area contributed by atoms with Crippen LogP contribution in [0.25, 0.3) is 0 Å². The first kappa shape index (κ1) is 15.4. The Bertz CT molecular complexity index is 585. The van der Waals surface area contributed by atoms with E-state index in [2.05, 4.69) is 19.2 Å². The van der Waals surface area contributed by atoms with Crippen LogP contribution in [0.3, 0.4) is 0 Å². The molecule has 0 radical (unpaired) electrons. The predicted octanol–water partition coefficient (Wildman–Crippen LogP) is 1.80. The minimum absolute atomic E-state index is 0.0826. The molecule has 2 saturated heterocycles. The van der Waals surface area contributed by atoms with Crippen molar-refractivity contribution in [3.63, 3.8) is 0 Å². The molecule has 118 valence electrons. The maximum absolute atomic E-state index is 12.7. The topological polar surface area (TPSA) is 58.6 Å². The molecule has 1 aromatic heterocycles. The molecule has 0 spiro atoms. The molecule has 21 heavy (non-hydrogen) atoms. The SMILES string of the molecule is CC(C)NCc1cc(S(=O)(=O)N2CC3CCC(C2)O3)cs1. The monoisotopic (exact) mass is 330 g/mol. The first-order chi connectivity index (χ1) is 9.95. The second-order valence-corrected chi connectivity index (χ2v) is 9.00. The van der Waals surface area contributed by atoms with Gasteiger partial charge in [0.05, 0.1) is 17.1 Å². The number of nitrogens with one attached hydrogen (secondary N) is 1. The molecule has 1 aromatic rings. The Kier molecular flexibility index (Phi) is 4.38. The van der Waals surface area contributed by atoms with Crippen molar-refractivity contribution in [2.75, 3.05) is 13.1 Å². The van der Waals surface area contributed by atoms with E-state index in [1.807, 2.05) is 0 Å². The van der Waals surface area contributed by atoms with E-state index in [9.17, 15) is 8.42 Å². The number of hydrogen-bond acceptors (Lipinski definition) is 5. The van der Waals surface area contributed by atoms with Crippen LogP contribution in [-0.2, 0) is 21.3 Å². The summed E-state index contributed by atoms with van der Waals surface area (Å²) in [6, 6.07) is 2.19. The van der Waals surface area contributed by atoms with Crippen LogP contribution < -0.4 is 5.32 Å². The van der Waals surface area contributed by atoms with Gasteiger partial charge in [-0.05, 0) is 18.9 Å². The highest BCUT2D eigenvalue weighted by molar-refractivity contribution is 7.89. The summed E-state index contributed by atoms with van der Waals surface area (Å²) in [4.78, 5) is 1.48. The summed E-state index contributed by atoms with van der Waals surface area (Å²) in [6.07, 6.45) is 2.12. The van der Waals surface area contributed by atoms with Crippen molar-refractivity contribution in [2.45, 2.75) is 56.4 Å². The van der Waals surface area contributed by atoms with Crippen molar-refractivity contribution in [3.05, 3.63) is 16.3 Å². The van der Waals surface area contributed by atoms with E-state index in [1.165, 1.54) is 11.3 Å². The van der Waals surface area contributed by atoms with Crippen LogP contribution in [0.1, 0.15) is 31.6 Å². The van der Waals surface area contributed by atoms with Gasteiger partial charge >= 0.3 is 0 Å². The molecule has 0 aliphatic carbocycles. The number of morpholine rings is 1. The normalized spacial score (nSPS) is 26.6. The van der Waals surface area contributed by atoms with Crippen LogP contribution in [0.2, 0.25) is 0 Å². The number of sulfonamides is 1. The van der Waals surface area contributed by atoms with Crippen LogP contribution in [0, 0.1) is 0 Å². The standard InChI is InChI=1S/C14H22N2O3S2/c1-10(2)15-6-13-5-14(9-20-13)21(17,18)16-7-11-3-4-12(8-16)19-11/h5,9-12,15H,3-4,6-8H2,1-2H3. The molecule has 3 heterocycles. The summed E-state index contributed by atoms with van der Waals surface area (Å²) < 4.78 is 32.7. The van der Waals surface area contributed by atoms with Crippen LogP contribution in [0.4, 0.5) is 0 Å². The van der Waals surface area contributed by atoms with Gasteiger partial charge in [0.2, 0.25) is 10.0 Å². The Labute approximate surface area is 130 Å². The van der Waals surface area contributed by atoms with E-state index in [0.29, 0.717) is 30.6 Å². The first-order valence-corrected chi connectivity index (χ1v) is 9.73. The summed E-state index contributed by atoms with van der Waals surface area (Å²) >= 11 is 1.50. The van der Waals surface area contributed by atoms with Gasteiger partial charge < -0.3 is 10.1 Å². The van der Waals surface area contributed by atoms with Gasteiger partial charge in [-0.15, -0.1) is 11.3 Å². The Morgan fingerprint density at radius 2 is 2.05 bits per heavy atom. The number of fused-ring (bicyclic) bond motifs is 2. The van der Waals surface area contributed by atoms with Crippen LogP contribution in [-0.4, -0.2) is 44.1 Å². The van der Waals surface area contributed by atoms with E-state index < -0.39 is 10.0 Å². The van der Waals surface area contributed by atoms with Gasteiger partial charge in [-0.2, -0.15) is 4.31 Å². The summed E-state index contributed by atoms with van der Waals surface area (Å²) in [5.74, 6) is 0. The Balaban J connectivity index is 1.73. The first-order valence-electron chi connectivity index (χ1n) is 7.41. The zero-order valence-corrected chi connectivity index (χ0v) is 14.0. The lowest BCUT2D eigenvalue weighted by molar-refractivity contribution is -0.0114. The van der Waals surface area contributed by atoms with Gasteiger partial charge in [-0.1, -0.05) is 13.8 Å². The summed E-state index contributed by atoms with van der Waals surface area (Å²) in [6.45, 7) is 5.86. The molecule has 2 atom stereocenters. The van der Waals surface area contributed by atoms with Crippen molar-refractivity contribution in [3.8, 4) is 0 Å². The Hall–Kier alpha value is -0.470. The van der Waals surface area contributed by atoms with Crippen molar-refractivity contribution < 1.29 is 13.2 Å². The second-order valence-electron chi connectivity index (χ2n) is 6.06. The summed E-state index contributed by atoms with van der Waals surface area (Å²) in [5, 5.41) is 5.07. The zero-order valence-electron chi connectivity index (χ0n) is 12.4. The van der Waals surface area contributed by atoms with E-state index in [0.717, 1.165) is 17.7 Å². The quantitative estimate of drug-likeness (QED) is 0.894. The summed E-state index contributed by atoms with van der Waals surface area (Å²) in [7, 11) is -3.37. The Morgan fingerprint density at radius 1 is 1.38 bits per heavy atom. The summed E-state index contributed by atoms with van der Waals surface area (Å²) in [5.41, 5.74) is 0. The van der Waals surface area contributed by atoms with Crippen molar-refractivity contribution in [1.82, 2.24) is 9.62 Å². The number of ether oxygens (including phenoxy) is 1. The molecule has 2 unspecified atom stereocenters. The predicted molar refractivity (Wildman–Crippen MR) is 82.9 cm³/mol. The molecule has 1 N–H and O–H groups in total. The number of hydrogen-bond donors (Lipinski definition) is 1. The van der Waals surface area contributed by atoms with E-state index in [4.69, 9.17) is 4.74 Å². The van der Waals surface area contributed by atoms with Crippen LogP contribution in [0.5, 0.6) is 0 Å². The minimum atomic E-state index is -3.37. The second kappa shape index (κ2) is 5.96. The molecule has 5 nitrogen and oxygen atoms in total. The third kappa shape index (κ3) is 3.32. The van der Waals surface area contributed by atoms with Crippen molar-refractivity contribution in [2.24, 2.45) is 0 Å². The highest BCUT2D eigenvalue weighted by Crippen LogP contribution is 2.31. The van der Waals surface area contributed by atoms with Crippen LogP contribution >= 0.6 is 11.3 Å². The fourth-order valence-electron chi connectivity index (χ4n) is 2.82. The highest BCUT2D eigenvalue weighted by atomic mass is 32.2. The van der Waals surface area contributed by atoms with E-state index in [-0.39, 0.29) is 12.2 Å². The fraction of sp³-hybridized carbons (Fsp3) is 0.714. The van der Waals surface area contributed by atoms with E-state index in [1.54, 1.807) is 15.8 Å². The van der Waals surface area contributed by atoms with Gasteiger partial charge in [0.15, 0.2) is 0 Å². The Morgan fingerprint density at radius 3 is 2.67 bits per heavy atom. The van der Waals surface area contributed by atoms with Gasteiger partial charge in [0.1, 0.15) is 0 Å². The fourth-order valence-corrected chi connectivity index (χ4v) is 5.53.